The van der Waals surface area contributed by atoms with Crippen LogP contribution in [-0.4, -0.2) is 33.5 Å². The van der Waals surface area contributed by atoms with E-state index in [9.17, 15) is 9.59 Å². The van der Waals surface area contributed by atoms with E-state index in [1.54, 1.807) is 11.9 Å². The molecule has 1 N–H and O–H groups in total. The molecule has 3 rings (SSSR count). The van der Waals surface area contributed by atoms with Crippen LogP contribution in [-0.2, 0) is 16.1 Å². The van der Waals surface area contributed by atoms with Gasteiger partial charge in [0.1, 0.15) is 0 Å². The van der Waals surface area contributed by atoms with Crippen molar-refractivity contribution in [2.75, 3.05) is 7.05 Å². The molecule has 1 unspecified atom stereocenters. The summed E-state index contributed by atoms with van der Waals surface area (Å²) in [6.07, 6.45) is 0.199. The quantitative estimate of drug-likeness (QED) is 0.653. The lowest BCUT2D eigenvalue weighted by Gasteiger charge is -2.23. The van der Waals surface area contributed by atoms with Crippen LogP contribution in [0.3, 0.4) is 0 Å². The van der Waals surface area contributed by atoms with Gasteiger partial charge in [-0.3, -0.25) is 9.59 Å². The van der Waals surface area contributed by atoms with Crippen LogP contribution in [0.1, 0.15) is 41.9 Å². The molecule has 1 heterocycles. The Kier molecular flexibility index (Phi) is 6.67. The molecule has 2 amide bonds. The van der Waals surface area contributed by atoms with Gasteiger partial charge in [0.25, 0.3) is 0 Å². The van der Waals surface area contributed by atoms with Crippen LogP contribution in [0, 0.1) is 13.8 Å². The molecule has 0 bridgehead atoms. The normalized spacial score (nSPS) is 11.7. The van der Waals surface area contributed by atoms with Crippen LogP contribution in [0.2, 0.25) is 0 Å². The fourth-order valence-corrected chi connectivity index (χ4v) is 3.56. The predicted octanol–water partition coefficient (Wildman–Crippen LogP) is 3.72. The van der Waals surface area contributed by atoms with Crippen molar-refractivity contribution in [2.45, 2.75) is 39.8 Å². The Morgan fingerprint density at radius 3 is 2.23 bits per heavy atom. The summed E-state index contributed by atoms with van der Waals surface area (Å²) in [5.41, 5.74) is 4.86. The maximum atomic E-state index is 13.0. The van der Waals surface area contributed by atoms with E-state index in [2.05, 4.69) is 10.4 Å². The highest BCUT2D eigenvalue weighted by Crippen LogP contribution is 2.21. The van der Waals surface area contributed by atoms with Crippen molar-refractivity contribution in [3.8, 4) is 5.69 Å². The average molecular weight is 405 g/mol. The lowest BCUT2D eigenvalue weighted by atomic mass is 10.0. The highest BCUT2D eigenvalue weighted by Gasteiger charge is 2.22. The Bertz CT molecular complexity index is 1010. The molecule has 0 saturated carbocycles. The second-order valence-corrected chi connectivity index (χ2v) is 7.51. The minimum Gasteiger partial charge on any atom is -0.349 e. The molecule has 0 fully saturated rings. The van der Waals surface area contributed by atoms with Gasteiger partial charge in [-0.25, -0.2) is 4.68 Å². The summed E-state index contributed by atoms with van der Waals surface area (Å²) in [7, 11) is 1.79. The van der Waals surface area contributed by atoms with E-state index >= 15 is 0 Å². The van der Waals surface area contributed by atoms with Crippen LogP contribution in [0.5, 0.6) is 0 Å². The smallest absolute Gasteiger partial charge is 0.225 e. The summed E-state index contributed by atoms with van der Waals surface area (Å²) in [5.74, 6) is -0.195. The maximum Gasteiger partial charge on any atom is 0.225 e. The van der Waals surface area contributed by atoms with E-state index in [-0.39, 0.29) is 24.3 Å². The van der Waals surface area contributed by atoms with Crippen molar-refractivity contribution in [1.82, 2.24) is 20.0 Å². The number of rotatable bonds is 7. The molecule has 0 spiro atoms. The monoisotopic (exact) mass is 404 g/mol. The minimum absolute atomic E-state index is 0.0381. The van der Waals surface area contributed by atoms with Crippen LogP contribution in [0.15, 0.2) is 60.7 Å². The summed E-state index contributed by atoms with van der Waals surface area (Å²) in [5, 5.41) is 7.55. The average Bonchev–Trinajstić information content (AvgIpc) is 3.02. The van der Waals surface area contributed by atoms with Crippen molar-refractivity contribution in [3.63, 3.8) is 0 Å². The standard InChI is InChI=1S/C24H28N4O2/c1-17-22(18(2)28(26-17)21-13-9-6-10-14-21)16-27(4)24(30)15-23(25-19(3)29)20-11-7-5-8-12-20/h5-14,23H,15-16H2,1-4H3,(H,25,29). The van der Waals surface area contributed by atoms with Crippen LogP contribution in [0.4, 0.5) is 0 Å². The zero-order valence-corrected chi connectivity index (χ0v) is 17.9. The number of hydrogen-bond donors (Lipinski definition) is 1. The molecule has 0 radical (unpaired) electrons. The molecule has 1 atom stereocenters. The SMILES string of the molecule is CC(=O)NC(CC(=O)N(C)Cc1c(C)nn(-c2ccccc2)c1C)c1ccccc1. The van der Waals surface area contributed by atoms with Gasteiger partial charge in [0, 0.05) is 31.8 Å². The zero-order chi connectivity index (χ0) is 21.7. The van der Waals surface area contributed by atoms with E-state index in [0.29, 0.717) is 6.54 Å². The molecular weight excluding hydrogens is 376 g/mol. The number of para-hydroxylation sites is 1. The Labute approximate surface area is 177 Å². The van der Waals surface area contributed by atoms with E-state index in [0.717, 1.165) is 28.2 Å². The molecule has 6 nitrogen and oxygen atoms in total. The molecule has 0 saturated heterocycles. The summed E-state index contributed by atoms with van der Waals surface area (Å²) in [6.45, 7) is 5.91. The van der Waals surface area contributed by atoms with Crippen molar-refractivity contribution < 1.29 is 9.59 Å². The first-order valence-corrected chi connectivity index (χ1v) is 10.0. The molecular formula is C24H28N4O2. The van der Waals surface area contributed by atoms with Gasteiger partial charge in [-0.1, -0.05) is 48.5 Å². The number of carbonyl (C=O) groups is 2. The van der Waals surface area contributed by atoms with Crippen molar-refractivity contribution in [2.24, 2.45) is 0 Å². The van der Waals surface area contributed by atoms with E-state index in [4.69, 9.17) is 0 Å². The van der Waals surface area contributed by atoms with Crippen molar-refractivity contribution in [1.29, 1.82) is 0 Å². The number of aryl methyl sites for hydroxylation is 1. The summed E-state index contributed by atoms with van der Waals surface area (Å²) in [4.78, 5) is 26.3. The Balaban J connectivity index is 1.75. The molecule has 0 aliphatic rings. The highest BCUT2D eigenvalue weighted by atomic mass is 16.2. The lowest BCUT2D eigenvalue weighted by molar-refractivity contribution is -0.131. The minimum atomic E-state index is -0.354. The number of amides is 2. The first kappa shape index (κ1) is 21.3. The fraction of sp³-hybridized carbons (Fsp3) is 0.292. The van der Waals surface area contributed by atoms with Crippen LogP contribution < -0.4 is 5.32 Å². The fourth-order valence-electron chi connectivity index (χ4n) is 3.56. The van der Waals surface area contributed by atoms with Gasteiger partial charge >= 0.3 is 0 Å². The predicted molar refractivity (Wildman–Crippen MR) is 117 cm³/mol. The highest BCUT2D eigenvalue weighted by molar-refractivity contribution is 5.79. The van der Waals surface area contributed by atoms with E-state index in [1.165, 1.54) is 6.92 Å². The third-order valence-electron chi connectivity index (χ3n) is 5.22. The molecule has 2 aromatic carbocycles. The number of carbonyl (C=O) groups excluding carboxylic acids is 2. The van der Waals surface area contributed by atoms with Gasteiger partial charge < -0.3 is 10.2 Å². The molecule has 6 heteroatoms. The van der Waals surface area contributed by atoms with E-state index in [1.807, 2.05) is 79.2 Å². The Morgan fingerprint density at radius 1 is 1.03 bits per heavy atom. The Morgan fingerprint density at radius 2 is 1.63 bits per heavy atom. The second-order valence-electron chi connectivity index (χ2n) is 7.51. The summed E-state index contributed by atoms with van der Waals surface area (Å²) in [6, 6.07) is 19.2. The molecule has 1 aromatic heterocycles. The zero-order valence-electron chi connectivity index (χ0n) is 17.9. The van der Waals surface area contributed by atoms with Crippen molar-refractivity contribution in [3.05, 3.63) is 83.2 Å². The molecule has 3 aromatic rings. The van der Waals surface area contributed by atoms with Gasteiger partial charge in [-0.05, 0) is 31.5 Å². The number of nitrogens with zero attached hydrogens (tertiary/aromatic N) is 3. The van der Waals surface area contributed by atoms with E-state index < -0.39 is 0 Å². The maximum absolute atomic E-state index is 13.0. The number of hydrogen-bond acceptors (Lipinski definition) is 3. The molecule has 0 aliphatic carbocycles. The van der Waals surface area contributed by atoms with Gasteiger partial charge in [0.05, 0.1) is 23.8 Å². The third kappa shape index (κ3) is 4.95. The first-order chi connectivity index (χ1) is 14.4. The number of nitrogens with one attached hydrogen (secondary N) is 1. The van der Waals surface area contributed by atoms with Gasteiger partial charge in [-0.15, -0.1) is 0 Å². The third-order valence-corrected chi connectivity index (χ3v) is 5.22. The number of aromatic nitrogens is 2. The summed E-state index contributed by atoms with van der Waals surface area (Å²) < 4.78 is 1.91. The Hall–Kier alpha value is -3.41. The van der Waals surface area contributed by atoms with Gasteiger partial charge in [0.2, 0.25) is 11.8 Å². The topological polar surface area (TPSA) is 67.2 Å². The largest absolute Gasteiger partial charge is 0.349 e. The van der Waals surface area contributed by atoms with Gasteiger partial charge in [-0.2, -0.15) is 5.10 Å². The molecule has 30 heavy (non-hydrogen) atoms. The van der Waals surface area contributed by atoms with Gasteiger partial charge in [0.15, 0.2) is 0 Å². The lowest BCUT2D eigenvalue weighted by Crippen LogP contribution is -2.33. The molecule has 0 aliphatic heterocycles. The van der Waals surface area contributed by atoms with Crippen LogP contribution in [0.25, 0.3) is 5.69 Å². The second kappa shape index (κ2) is 9.39. The first-order valence-electron chi connectivity index (χ1n) is 10.0. The van der Waals surface area contributed by atoms with Crippen LogP contribution >= 0.6 is 0 Å². The van der Waals surface area contributed by atoms with Crippen molar-refractivity contribution >= 4 is 11.8 Å². The summed E-state index contributed by atoms with van der Waals surface area (Å²) >= 11 is 0. The number of benzene rings is 2. The molecule has 156 valence electrons.